The predicted molar refractivity (Wildman–Crippen MR) is 170 cm³/mol. The number of hydrogen-bond acceptors (Lipinski definition) is 0. The van der Waals surface area contributed by atoms with Gasteiger partial charge in [-0.1, -0.05) is 218 Å². The van der Waals surface area contributed by atoms with Gasteiger partial charge in [-0.05, 0) is 17.9 Å². The molecule has 0 bridgehead atoms. The summed E-state index contributed by atoms with van der Waals surface area (Å²) >= 11 is 0. The summed E-state index contributed by atoms with van der Waals surface area (Å²) < 4.78 is 0. The van der Waals surface area contributed by atoms with Crippen LogP contribution in [0.25, 0.3) is 0 Å². The van der Waals surface area contributed by atoms with Crippen LogP contribution in [0, 0.1) is 0 Å². The van der Waals surface area contributed by atoms with Gasteiger partial charge in [0.25, 0.3) is 0 Å². The summed E-state index contributed by atoms with van der Waals surface area (Å²) in [6.45, 7) is 4.69. The topological polar surface area (TPSA) is 0 Å². The monoisotopic (exact) mass is 513 g/mol. The van der Waals surface area contributed by atoms with Gasteiger partial charge in [0.05, 0.1) is 0 Å². The minimum Gasteiger partial charge on any atom is -0.0654 e. The highest BCUT2D eigenvalue weighted by molar-refractivity contribution is 5.18. The molecule has 37 heavy (non-hydrogen) atoms. The van der Waals surface area contributed by atoms with Crippen LogP contribution in [0.2, 0.25) is 0 Å². The van der Waals surface area contributed by atoms with E-state index in [0.29, 0.717) is 0 Å². The van der Waals surface area contributed by atoms with Gasteiger partial charge < -0.3 is 0 Å². The molecular formula is C37H68. The predicted octanol–water partition coefficient (Wildman–Crippen LogP) is 13.7. The molecule has 1 atom stereocenters. The summed E-state index contributed by atoms with van der Waals surface area (Å²) in [5.41, 5.74) is 1.51. The van der Waals surface area contributed by atoms with E-state index in [1.807, 2.05) is 0 Å². The Bertz CT molecular complexity index is 532. The smallest absolute Gasteiger partial charge is 0.0190 e. The summed E-state index contributed by atoms with van der Waals surface area (Å²) in [5, 5.41) is 0. The molecule has 1 aromatic carbocycles. The first-order valence-electron chi connectivity index (χ1n) is 17.4. The van der Waals surface area contributed by atoms with Gasteiger partial charge in [0, 0.05) is 0 Å². The standard InChI is InChI=1S/C37H68/c1-3-4-5-6-7-8-9-10-11-12-13-14-15-16-17-18-19-20-21-22-23-24-25-26-27-28-30-33-36(2)37-34-31-29-32-35-37/h29,31-32,34-36H,3-28,30,33H2,1-2H3. The van der Waals surface area contributed by atoms with Gasteiger partial charge in [-0.3, -0.25) is 0 Å². The lowest BCUT2D eigenvalue weighted by Gasteiger charge is -2.11. The van der Waals surface area contributed by atoms with Crippen molar-refractivity contribution in [3.63, 3.8) is 0 Å². The molecule has 0 fully saturated rings. The molecule has 1 aromatic rings. The molecule has 216 valence electrons. The van der Waals surface area contributed by atoms with Gasteiger partial charge in [0.2, 0.25) is 0 Å². The van der Waals surface area contributed by atoms with Crippen LogP contribution in [0.1, 0.15) is 205 Å². The Morgan fingerprint density at radius 2 is 0.649 bits per heavy atom. The molecule has 0 saturated carbocycles. The second-order valence-corrected chi connectivity index (χ2v) is 12.3. The second-order valence-electron chi connectivity index (χ2n) is 12.3. The van der Waals surface area contributed by atoms with Crippen molar-refractivity contribution >= 4 is 0 Å². The van der Waals surface area contributed by atoms with E-state index in [1.165, 1.54) is 185 Å². The normalized spacial score (nSPS) is 12.3. The van der Waals surface area contributed by atoms with Crippen LogP contribution in [0.15, 0.2) is 30.3 Å². The van der Waals surface area contributed by atoms with E-state index in [1.54, 1.807) is 0 Å². The second kappa shape index (κ2) is 28.2. The summed E-state index contributed by atoms with van der Waals surface area (Å²) in [7, 11) is 0. The highest BCUT2D eigenvalue weighted by atomic mass is 14.1. The minimum absolute atomic E-state index is 0.723. The maximum absolute atomic E-state index is 2.38. The van der Waals surface area contributed by atoms with Crippen LogP contribution in [0.3, 0.4) is 0 Å². The van der Waals surface area contributed by atoms with Crippen LogP contribution in [0.4, 0.5) is 0 Å². The van der Waals surface area contributed by atoms with Crippen molar-refractivity contribution in [3.8, 4) is 0 Å². The molecule has 0 heterocycles. The Morgan fingerprint density at radius 3 is 0.946 bits per heavy atom. The van der Waals surface area contributed by atoms with Gasteiger partial charge in [-0.25, -0.2) is 0 Å². The van der Waals surface area contributed by atoms with E-state index >= 15 is 0 Å². The molecule has 0 aromatic heterocycles. The van der Waals surface area contributed by atoms with Crippen LogP contribution in [-0.4, -0.2) is 0 Å². The largest absolute Gasteiger partial charge is 0.0654 e. The first-order chi connectivity index (χ1) is 18.3. The van der Waals surface area contributed by atoms with Crippen LogP contribution >= 0.6 is 0 Å². The van der Waals surface area contributed by atoms with Gasteiger partial charge in [-0.15, -0.1) is 0 Å². The fourth-order valence-electron chi connectivity index (χ4n) is 5.89. The van der Waals surface area contributed by atoms with Crippen molar-refractivity contribution in [2.45, 2.75) is 200 Å². The molecule has 0 spiro atoms. The van der Waals surface area contributed by atoms with E-state index in [2.05, 4.69) is 44.2 Å². The lowest BCUT2D eigenvalue weighted by Crippen LogP contribution is -1.93. The van der Waals surface area contributed by atoms with Gasteiger partial charge in [0.1, 0.15) is 0 Å². The molecule has 0 saturated heterocycles. The van der Waals surface area contributed by atoms with E-state index < -0.39 is 0 Å². The minimum atomic E-state index is 0.723. The first-order valence-corrected chi connectivity index (χ1v) is 17.4. The molecule has 1 unspecified atom stereocenters. The quantitative estimate of drug-likeness (QED) is 0.0936. The number of unbranched alkanes of at least 4 members (excludes halogenated alkanes) is 26. The highest BCUT2D eigenvalue weighted by Crippen LogP contribution is 2.22. The SMILES string of the molecule is CCCCCCCCCCCCCCCCCCCCCCCCCCCCCC(C)c1ccccc1. The number of hydrogen-bond donors (Lipinski definition) is 0. The Labute approximate surface area is 235 Å². The third kappa shape index (κ3) is 24.0. The van der Waals surface area contributed by atoms with Crippen molar-refractivity contribution in [1.29, 1.82) is 0 Å². The fraction of sp³-hybridized carbons (Fsp3) is 0.838. The van der Waals surface area contributed by atoms with Gasteiger partial charge in [-0.2, -0.15) is 0 Å². The Balaban J connectivity index is 1.66. The average Bonchev–Trinajstić information content (AvgIpc) is 2.93. The summed E-state index contributed by atoms with van der Waals surface area (Å²) in [4.78, 5) is 0. The average molecular weight is 513 g/mol. The maximum Gasteiger partial charge on any atom is -0.0190 e. The van der Waals surface area contributed by atoms with Crippen molar-refractivity contribution in [2.75, 3.05) is 0 Å². The molecule has 0 aliphatic heterocycles. The van der Waals surface area contributed by atoms with Crippen molar-refractivity contribution < 1.29 is 0 Å². The fourth-order valence-corrected chi connectivity index (χ4v) is 5.89. The summed E-state index contributed by atoms with van der Waals surface area (Å²) in [6.07, 6.45) is 41.0. The summed E-state index contributed by atoms with van der Waals surface area (Å²) in [6, 6.07) is 11.0. The molecule has 0 heteroatoms. The molecule has 0 aliphatic carbocycles. The number of rotatable bonds is 29. The molecule has 0 aliphatic rings. The lowest BCUT2D eigenvalue weighted by atomic mass is 9.95. The third-order valence-electron chi connectivity index (χ3n) is 8.61. The third-order valence-corrected chi connectivity index (χ3v) is 8.61. The highest BCUT2D eigenvalue weighted by Gasteiger charge is 2.04. The van der Waals surface area contributed by atoms with Crippen molar-refractivity contribution in [1.82, 2.24) is 0 Å². The van der Waals surface area contributed by atoms with Gasteiger partial charge >= 0.3 is 0 Å². The lowest BCUT2D eigenvalue weighted by molar-refractivity contribution is 0.512. The molecule has 0 N–H and O–H groups in total. The molecule has 1 rings (SSSR count). The van der Waals surface area contributed by atoms with E-state index in [-0.39, 0.29) is 0 Å². The van der Waals surface area contributed by atoms with Crippen LogP contribution in [0.5, 0.6) is 0 Å². The Morgan fingerprint density at radius 1 is 0.378 bits per heavy atom. The molecule has 0 amide bonds. The van der Waals surface area contributed by atoms with E-state index in [9.17, 15) is 0 Å². The maximum atomic E-state index is 2.38. The molecule has 0 radical (unpaired) electrons. The zero-order chi connectivity index (χ0) is 26.5. The number of benzene rings is 1. The van der Waals surface area contributed by atoms with Crippen molar-refractivity contribution in [2.24, 2.45) is 0 Å². The Hall–Kier alpha value is -0.780. The van der Waals surface area contributed by atoms with Gasteiger partial charge in [0.15, 0.2) is 0 Å². The zero-order valence-electron chi connectivity index (χ0n) is 25.8. The molecular weight excluding hydrogens is 444 g/mol. The molecule has 0 nitrogen and oxygen atoms in total. The first kappa shape index (κ1) is 34.2. The van der Waals surface area contributed by atoms with E-state index in [0.717, 1.165) is 5.92 Å². The van der Waals surface area contributed by atoms with Crippen LogP contribution < -0.4 is 0 Å². The zero-order valence-corrected chi connectivity index (χ0v) is 25.8. The van der Waals surface area contributed by atoms with Crippen molar-refractivity contribution in [3.05, 3.63) is 35.9 Å². The Kier molecular flexibility index (Phi) is 26.1. The van der Waals surface area contributed by atoms with E-state index in [4.69, 9.17) is 0 Å². The summed E-state index contributed by atoms with van der Waals surface area (Å²) in [5.74, 6) is 0.723. The van der Waals surface area contributed by atoms with Crippen LogP contribution in [-0.2, 0) is 0 Å².